The van der Waals surface area contributed by atoms with Crippen LogP contribution in [0.1, 0.15) is 24.2 Å². The van der Waals surface area contributed by atoms with Crippen LogP contribution in [0, 0.1) is 0 Å². The Morgan fingerprint density at radius 3 is 2.83 bits per heavy atom. The van der Waals surface area contributed by atoms with Crippen LogP contribution < -0.4 is 16.4 Å². The molecule has 1 rings (SSSR count). The molecule has 5 heteroatoms. The fraction of sp³-hybridized carbons (Fsp3) is 0.462. The zero-order valence-electron chi connectivity index (χ0n) is 11.1. The number of amides is 1. The number of benzene rings is 1. The molecule has 0 spiro atoms. The molecule has 1 amide bonds. The summed E-state index contributed by atoms with van der Waals surface area (Å²) in [6.07, 6.45) is 2.06. The molecule has 1 aromatic carbocycles. The third-order valence-corrected chi connectivity index (χ3v) is 3.30. The summed E-state index contributed by atoms with van der Waals surface area (Å²) < 4.78 is 0. The molecule has 0 saturated carbocycles. The van der Waals surface area contributed by atoms with Crippen molar-refractivity contribution < 1.29 is 4.79 Å². The standard InChI is InChI=1S/C13H21N3OS/c1-4-15-13(17)10-5-6-11(14)12(7-10)16-9(2)8-18-3/h5-7,9,16H,4,8,14H2,1-3H3,(H,15,17). The normalized spacial score (nSPS) is 11.9. The van der Waals surface area contributed by atoms with E-state index in [0.29, 0.717) is 23.8 Å². The average Bonchev–Trinajstić information content (AvgIpc) is 2.32. The summed E-state index contributed by atoms with van der Waals surface area (Å²) in [6, 6.07) is 5.62. The number of thioether (sulfide) groups is 1. The van der Waals surface area contributed by atoms with Crippen LogP contribution in [-0.4, -0.2) is 30.5 Å². The van der Waals surface area contributed by atoms with Crippen LogP contribution in [0.3, 0.4) is 0 Å². The summed E-state index contributed by atoms with van der Waals surface area (Å²) in [7, 11) is 0. The van der Waals surface area contributed by atoms with Gasteiger partial charge in [-0.25, -0.2) is 0 Å². The Kier molecular flexibility index (Phi) is 5.85. The number of carbonyl (C=O) groups excluding carboxylic acids is 1. The number of carbonyl (C=O) groups is 1. The van der Waals surface area contributed by atoms with Crippen molar-refractivity contribution in [1.82, 2.24) is 5.32 Å². The molecule has 0 aliphatic carbocycles. The highest BCUT2D eigenvalue weighted by Crippen LogP contribution is 2.21. The smallest absolute Gasteiger partial charge is 0.251 e. The highest BCUT2D eigenvalue weighted by atomic mass is 32.2. The van der Waals surface area contributed by atoms with Crippen molar-refractivity contribution in [2.24, 2.45) is 0 Å². The van der Waals surface area contributed by atoms with E-state index < -0.39 is 0 Å². The van der Waals surface area contributed by atoms with E-state index in [4.69, 9.17) is 5.73 Å². The van der Waals surface area contributed by atoms with E-state index in [2.05, 4.69) is 23.8 Å². The van der Waals surface area contributed by atoms with Gasteiger partial charge in [-0.1, -0.05) is 0 Å². The molecular formula is C13H21N3OS. The molecule has 1 aromatic rings. The van der Waals surface area contributed by atoms with Crippen molar-refractivity contribution in [3.8, 4) is 0 Å². The number of rotatable bonds is 6. The predicted molar refractivity (Wildman–Crippen MR) is 80.3 cm³/mol. The third kappa shape index (κ3) is 4.14. The van der Waals surface area contributed by atoms with Crippen LogP contribution in [-0.2, 0) is 0 Å². The van der Waals surface area contributed by atoms with E-state index in [1.807, 2.05) is 6.92 Å². The van der Waals surface area contributed by atoms with Gasteiger partial charge in [0.2, 0.25) is 0 Å². The topological polar surface area (TPSA) is 67.2 Å². The lowest BCUT2D eigenvalue weighted by Gasteiger charge is -2.16. The summed E-state index contributed by atoms with van der Waals surface area (Å²) in [6.45, 7) is 4.61. The van der Waals surface area contributed by atoms with Crippen molar-refractivity contribution in [2.75, 3.05) is 29.6 Å². The molecule has 18 heavy (non-hydrogen) atoms. The van der Waals surface area contributed by atoms with Crippen LogP contribution in [0.15, 0.2) is 18.2 Å². The number of nitrogen functional groups attached to an aromatic ring is 1. The lowest BCUT2D eigenvalue weighted by Crippen LogP contribution is -2.23. The van der Waals surface area contributed by atoms with Gasteiger partial charge in [-0.05, 0) is 38.3 Å². The van der Waals surface area contributed by atoms with E-state index in [1.54, 1.807) is 30.0 Å². The van der Waals surface area contributed by atoms with Gasteiger partial charge in [-0.3, -0.25) is 4.79 Å². The summed E-state index contributed by atoms with van der Waals surface area (Å²) in [5, 5.41) is 6.10. The van der Waals surface area contributed by atoms with Crippen molar-refractivity contribution in [3.05, 3.63) is 23.8 Å². The van der Waals surface area contributed by atoms with E-state index in [9.17, 15) is 4.79 Å². The van der Waals surface area contributed by atoms with Crippen LogP contribution in [0.2, 0.25) is 0 Å². The van der Waals surface area contributed by atoms with E-state index in [0.717, 1.165) is 11.4 Å². The molecule has 1 atom stereocenters. The Balaban J connectivity index is 2.84. The first kappa shape index (κ1) is 14.7. The maximum absolute atomic E-state index is 11.7. The molecule has 4 nitrogen and oxygen atoms in total. The highest BCUT2D eigenvalue weighted by Gasteiger charge is 2.09. The highest BCUT2D eigenvalue weighted by molar-refractivity contribution is 7.98. The first-order valence-corrected chi connectivity index (χ1v) is 7.41. The second-order valence-corrected chi connectivity index (χ2v) is 5.07. The van der Waals surface area contributed by atoms with E-state index in [1.165, 1.54) is 0 Å². The Labute approximate surface area is 113 Å². The lowest BCUT2D eigenvalue weighted by molar-refractivity contribution is 0.0956. The molecular weight excluding hydrogens is 246 g/mol. The Hall–Kier alpha value is -1.36. The fourth-order valence-corrected chi connectivity index (χ4v) is 2.23. The minimum Gasteiger partial charge on any atom is -0.397 e. The second-order valence-electron chi connectivity index (χ2n) is 4.16. The number of hydrogen-bond donors (Lipinski definition) is 3. The zero-order chi connectivity index (χ0) is 13.5. The molecule has 0 aliphatic rings. The Morgan fingerprint density at radius 2 is 2.22 bits per heavy atom. The summed E-state index contributed by atoms with van der Waals surface area (Å²) in [5.41, 5.74) is 8.02. The molecule has 0 aliphatic heterocycles. The van der Waals surface area contributed by atoms with Crippen LogP contribution >= 0.6 is 11.8 Å². The van der Waals surface area contributed by atoms with Gasteiger partial charge in [0.05, 0.1) is 11.4 Å². The van der Waals surface area contributed by atoms with Gasteiger partial charge < -0.3 is 16.4 Å². The number of hydrogen-bond acceptors (Lipinski definition) is 4. The fourth-order valence-electron chi connectivity index (χ4n) is 1.64. The molecule has 0 aromatic heterocycles. The van der Waals surface area contributed by atoms with Crippen LogP contribution in [0.5, 0.6) is 0 Å². The molecule has 0 saturated heterocycles. The molecule has 0 heterocycles. The minimum absolute atomic E-state index is 0.0712. The summed E-state index contributed by atoms with van der Waals surface area (Å²) in [4.78, 5) is 11.7. The molecule has 0 fully saturated rings. The molecule has 100 valence electrons. The van der Waals surface area contributed by atoms with E-state index >= 15 is 0 Å². The molecule has 1 unspecified atom stereocenters. The lowest BCUT2D eigenvalue weighted by atomic mass is 10.1. The number of anilines is 2. The number of nitrogens with one attached hydrogen (secondary N) is 2. The van der Waals surface area contributed by atoms with Gasteiger partial charge in [0.25, 0.3) is 5.91 Å². The molecule has 4 N–H and O–H groups in total. The second kappa shape index (κ2) is 7.16. The maximum Gasteiger partial charge on any atom is 0.251 e. The van der Waals surface area contributed by atoms with Gasteiger partial charge in [0.1, 0.15) is 0 Å². The quantitative estimate of drug-likeness (QED) is 0.691. The monoisotopic (exact) mass is 267 g/mol. The summed E-state index contributed by atoms with van der Waals surface area (Å²) in [5.74, 6) is 0.920. The van der Waals surface area contributed by atoms with E-state index in [-0.39, 0.29) is 5.91 Å². The third-order valence-electron chi connectivity index (χ3n) is 2.47. The Bertz CT molecular complexity index is 409. The van der Waals surface area contributed by atoms with Crippen LogP contribution in [0.25, 0.3) is 0 Å². The van der Waals surface area contributed by atoms with Gasteiger partial charge in [-0.2, -0.15) is 11.8 Å². The first-order chi connectivity index (χ1) is 8.58. The predicted octanol–water partition coefficient (Wildman–Crippen LogP) is 2.18. The SMILES string of the molecule is CCNC(=O)c1ccc(N)c(NC(C)CSC)c1. The van der Waals surface area contributed by atoms with Crippen molar-refractivity contribution in [1.29, 1.82) is 0 Å². The van der Waals surface area contributed by atoms with Gasteiger partial charge in [-0.15, -0.1) is 0 Å². The molecule has 0 radical (unpaired) electrons. The van der Waals surface area contributed by atoms with Gasteiger partial charge in [0.15, 0.2) is 0 Å². The first-order valence-electron chi connectivity index (χ1n) is 6.01. The Morgan fingerprint density at radius 1 is 1.50 bits per heavy atom. The van der Waals surface area contributed by atoms with Crippen LogP contribution in [0.4, 0.5) is 11.4 Å². The van der Waals surface area contributed by atoms with Crippen molar-refractivity contribution in [2.45, 2.75) is 19.9 Å². The summed E-state index contributed by atoms with van der Waals surface area (Å²) >= 11 is 1.77. The largest absolute Gasteiger partial charge is 0.397 e. The maximum atomic E-state index is 11.7. The molecule has 0 bridgehead atoms. The zero-order valence-corrected chi connectivity index (χ0v) is 11.9. The van der Waals surface area contributed by atoms with Gasteiger partial charge >= 0.3 is 0 Å². The minimum atomic E-state index is -0.0712. The van der Waals surface area contributed by atoms with Crippen molar-refractivity contribution in [3.63, 3.8) is 0 Å². The average molecular weight is 267 g/mol. The number of nitrogens with two attached hydrogens (primary N) is 1. The van der Waals surface area contributed by atoms with Gasteiger partial charge in [0, 0.05) is 23.9 Å². The van der Waals surface area contributed by atoms with Crippen molar-refractivity contribution >= 4 is 29.0 Å².